The monoisotopic (exact) mass is 475 g/mol. The predicted octanol–water partition coefficient (Wildman–Crippen LogP) is 7.50. The molecule has 1 N–H and O–H groups in total. The Balaban J connectivity index is 1.59. The van der Waals surface area contributed by atoms with Gasteiger partial charge < -0.3 is 5.32 Å². The number of carbonyl (C=O) groups is 1. The third kappa shape index (κ3) is 5.73. The van der Waals surface area contributed by atoms with Crippen LogP contribution >= 0.6 is 23.4 Å². The van der Waals surface area contributed by atoms with E-state index in [2.05, 4.69) is 31.3 Å². The van der Waals surface area contributed by atoms with E-state index in [9.17, 15) is 4.79 Å². The lowest BCUT2D eigenvalue weighted by Gasteiger charge is -2.10. The molecule has 0 bridgehead atoms. The molecule has 3 aromatic carbocycles. The van der Waals surface area contributed by atoms with Gasteiger partial charge in [-0.3, -0.25) is 9.79 Å². The second-order valence-electron chi connectivity index (χ2n) is 8.33. The summed E-state index contributed by atoms with van der Waals surface area (Å²) in [4.78, 5) is 22.6. The first kappa shape index (κ1) is 23.3. The molecule has 0 unspecified atom stereocenters. The molecule has 0 fully saturated rings. The summed E-state index contributed by atoms with van der Waals surface area (Å²) in [5.74, 6) is 0.228. The van der Waals surface area contributed by atoms with Crippen molar-refractivity contribution in [2.24, 2.45) is 9.98 Å². The molecule has 0 saturated heterocycles. The molecule has 1 heterocycles. The fourth-order valence-corrected chi connectivity index (χ4v) is 4.46. The van der Waals surface area contributed by atoms with Gasteiger partial charge in [-0.15, -0.1) is 11.8 Å². The molecule has 0 spiro atoms. The Labute approximate surface area is 204 Å². The van der Waals surface area contributed by atoms with E-state index in [4.69, 9.17) is 21.6 Å². The summed E-state index contributed by atoms with van der Waals surface area (Å²) >= 11 is 7.54. The summed E-state index contributed by atoms with van der Waals surface area (Å²) in [6.07, 6.45) is 0.551. The van der Waals surface area contributed by atoms with Crippen molar-refractivity contribution in [3.8, 4) is 0 Å². The number of benzene rings is 3. The van der Waals surface area contributed by atoms with Crippen molar-refractivity contribution in [3.63, 3.8) is 0 Å². The number of carbonyl (C=O) groups excluding carboxylic acids is 1. The van der Waals surface area contributed by atoms with Gasteiger partial charge in [-0.1, -0.05) is 35.9 Å². The molecule has 3 aromatic rings. The molecule has 1 amide bonds. The van der Waals surface area contributed by atoms with Gasteiger partial charge in [0.05, 0.1) is 27.9 Å². The molecular formula is C27H26ClN3OS. The minimum absolute atomic E-state index is 0.0501. The number of hydrogen-bond donors (Lipinski definition) is 1. The Kier molecular flexibility index (Phi) is 7.01. The van der Waals surface area contributed by atoms with Crippen molar-refractivity contribution in [1.29, 1.82) is 0 Å². The molecule has 6 heteroatoms. The Morgan fingerprint density at radius 1 is 0.909 bits per heavy atom. The fraction of sp³-hybridized carbons (Fsp3) is 0.222. The molecule has 0 aromatic heterocycles. The summed E-state index contributed by atoms with van der Waals surface area (Å²) in [6.45, 7) is 8.16. The highest BCUT2D eigenvalue weighted by Gasteiger charge is 2.18. The second-order valence-corrected chi connectivity index (χ2v) is 9.81. The van der Waals surface area contributed by atoms with E-state index >= 15 is 0 Å². The van der Waals surface area contributed by atoms with Crippen LogP contribution < -0.4 is 5.32 Å². The van der Waals surface area contributed by atoms with Crippen molar-refractivity contribution in [2.45, 2.75) is 34.1 Å². The van der Waals surface area contributed by atoms with Gasteiger partial charge in [0.1, 0.15) is 0 Å². The molecule has 0 atom stereocenters. The van der Waals surface area contributed by atoms with Gasteiger partial charge in [0.25, 0.3) is 0 Å². The number of anilines is 1. The molecule has 1 aliphatic heterocycles. The van der Waals surface area contributed by atoms with Crippen LogP contribution in [0.15, 0.2) is 64.6 Å². The summed E-state index contributed by atoms with van der Waals surface area (Å²) in [5, 5.41) is 4.58. The maximum atomic E-state index is 12.7. The SMILES string of the molecule is Cc1ccc(C)c(NC(=O)CSC2=Nc3cc(C)c(C)cc3N=C(c3ccc(Cl)cc3)C2)c1. The van der Waals surface area contributed by atoms with Gasteiger partial charge in [0.15, 0.2) is 0 Å². The van der Waals surface area contributed by atoms with Crippen LogP contribution in [0.3, 0.4) is 0 Å². The lowest BCUT2D eigenvalue weighted by atomic mass is 10.1. The summed E-state index contributed by atoms with van der Waals surface area (Å²) in [7, 11) is 0. The van der Waals surface area contributed by atoms with Gasteiger partial charge in [-0.2, -0.15) is 0 Å². The zero-order chi connectivity index (χ0) is 23.5. The second kappa shape index (κ2) is 9.94. The molecule has 4 nitrogen and oxygen atoms in total. The lowest BCUT2D eigenvalue weighted by Crippen LogP contribution is -2.17. The number of aliphatic imine (C=N–C) groups is 2. The highest BCUT2D eigenvalue weighted by Crippen LogP contribution is 2.36. The van der Waals surface area contributed by atoms with Crippen molar-refractivity contribution in [3.05, 3.63) is 87.4 Å². The number of amides is 1. The highest BCUT2D eigenvalue weighted by molar-refractivity contribution is 8.14. The van der Waals surface area contributed by atoms with Crippen molar-refractivity contribution >= 4 is 57.1 Å². The quantitative estimate of drug-likeness (QED) is 0.424. The van der Waals surface area contributed by atoms with Gasteiger partial charge in [0, 0.05) is 17.1 Å². The van der Waals surface area contributed by atoms with E-state index in [1.807, 2.05) is 56.3 Å². The first-order valence-corrected chi connectivity index (χ1v) is 12.2. The van der Waals surface area contributed by atoms with E-state index in [0.29, 0.717) is 11.4 Å². The number of nitrogens with zero attached hydrogens (tertiary/aromatic N) is 2. The highest BCUT2D eigenvalue weighted by atomic mass is 35.5. The standard InChI is InChI=1S/C27H26ClN3OS/c1-16-5-6-17(2)22(11-16)30-26(32)15-33-27-14-23(20-7-9-21(28)10-8-20)29-24-12-18(3)19(4)13-25(24)31-27/h5-13H,14-15H2,1-4H3,(H,30,32). The van der Waals surface area contributed by atoms with Gasteiger partial charge in [-0.05, 0) is 85.8 Å². The van der Waals surface area contributed by atoms with Gasteiger partial charge >= 0.3 is 0 Å². The largest absolute Gasteiger partial charge is 0.325 e. The van der Waals surface area contributed by atoms with E-state index in [1.165, 1.54) is 22.9 Å². The minimum atomic E-state index is -0.0501. The fourth-order valence-electron chi connectivity index (χ4n) is 3.56. The molecule has 1 aliphatic rings. The number of halogens is 1. The summed E-state index contributed by atoms with van der Waals surface area (Å²) in [5.41, 5.74) is 8.94. The van der Waals surface area contributed by atoms with Crippen molar-refractivity contribution in [2.75, 3.05) is 11.1 Å². The Morgan fingerprint density at radius 3 is 2.27 bits per heavy atom. The molecule has 168 valence electrons. The molecule has 0 aliphatic carbocycles. The normalized spacial score (nSPS) is 13.0. The Hall–Kier alpha value is -2.89. The van der Waals surface area contributed by atoms with E-state index < -0.39 is 0 Å². The number of rotatable bonds is 4. The summed E-state index contributed by atoms with van der Waals surface area (Å²) in [6, 6.07) is 17.9. The number of fused-ring (bicyclic) bond motifs is 1. The third-order valence-electron chi connectivity index (χ3n) is 5.62. The van der Waals surface area contributed by atoms with Crippen LogP contribution in [0.1, 0.15) is 34.2 Å². The Bertz CT molecular complexity index is 1280. The van der Waals surface area contributed by atoms with Crippen LogP contribution in [0, 0.1) is 27.7 Å². The summed E-state index contributed by atoms with van der Waals surface area (Å²) < 4.78 is 0. The van der Waals surface area contributed by atoms with Crippen LogP contribution in [-0.4, -0.2) is 22.4 Å². The van der Waals surface area contributed by atoms with Crippen molar-refractivity contribution in [1.82, 2.24) is 0 Å². The number of hydrogen-bond acceptors (Lipinski definition) is 4. The Morgan fingerprint density at radius 2 is 1.58 bits per heavy atom. The maximum absolute atomic E-state index is 12.7. The van der Waals surface area contributed by atoms with Gasteiger partial charge in [-0.25, -0.2) is 4.99 Å². The van der Waals surface area contributed by atoms with Crippen LogP contribution in [0.5, 0.6) is 0 Å². The predicted molar refractivity (Wildman–Crippen MR) is 142 cm³/mol. The van der Waals surface area contributed by atoms with E-state index in [0.717, 1.165) is 44.5 Å². The van der Waals surface area contributed by atoms with Crippen LogP contribution in [0.4, 0.5) is 17.1 Å². The zero-order valence-electron chi connectivity index (χ0n) is 19.2. The molecule has 0 saturated carbocycles. The minimum Gasteiger partial charge on any atom is -0.325 e. The molecule has 0 radical (unpaired) electrons. The first-order valence-electron chi connectivity index (χ1n) is 10.8. The zero-order valence-corrected chi connectivity index (χ0v) is 20.8. The smallest absolute Gasteiger partial charge is 0.234 e. The topological polar surface area (TPSA) is 53.8 Å². The van der Waals surface area contributed by atoms with Gasteiger partial charge in [0.2, 0.25) is 5.91 Å². The number of thioether (sulfide) groups is 1. The molecule has 33 heavy (non-hydrogen) atoms. The van der Waals surface area contributed by atoms with Crippen LogP contribution in [-0.2, 0) is 4.79 Å². The van der Waals surface area contributed by atoms with E-state index in [1.54, 1.807) is 0 Å². The number of aryl methyl sites for hydroxylation is 4. The van der Waals surface area contributed by atoms with Crippen LogP contribution in [0.2, 0.25) is 5.02 Å². The average molecular weight is 476 g/mol. The third-order valence-corrected chi connectivity index (χ3v) is 6.85. The molecule has 4 rings (SSSR count). The average Bonchev–Trinajstić information content (AvgIpc) is 2.95. The lowest BCUT2D eigenvalue weighted by molar-refractivity contribution is -0.113. The molecular weight excluding hydrogens is 450 g/mol. The maximum Gasteiger partial charge on any atom is 0.234 e. The van der Waals surface area contributed by atoms with Crippen molar-refractivity contribution < 1.29 is 4.79 Å². The first-order chi connectivity index (χ1) is 15.8. The number of nitrogens with one attached hydrogen (secondary N) is 1. The van der Waals surface area contributed by atoms with Crippen LogP contribution in [0.25, 0.3) is 0 Å². The van der Waals surface area contributed by atoms with E-state index in [-0.39, 0.29) is 11.7 Å².